The Morgan fingerprint density at radius 2 is 2.14 bits per heavy atom. The van der Waals surface area contributed by atoms with Gasteiger partial charge in [0.2, 0.25) is 5.91 Å². The number of carbonyl (C=O) groups excluding carboxylic acids is 2. The molecular formula is C7H12NO5P. The van der Waals surface area contributed by atoms with Crippen LogP contribution in [0, 0.1) is 0 Å². The Morgan fingerprint density at radius 1 is 1.43 bits per heavy atom. The minimum absolute atomic E-state index is 0.0177. The number of carboxylic acid groups (broad SMARTS) is 1. The predicted molar refractivity (Wildman–Crippen MR) is 50.5 cm³/mol. The highest BCUT2D eigenvalue weighted by atomic mass is 31.0. The van der Waals surface area contributed by atoms with E-state index in [1.165, 1.54) is 0 Å². The van der Waals surface area contributed by atoms with E-state index < -0.39 is 17.8 Å². The lowest BCUT2D eigenvalue weighted by Gasteiger charge is -2.03. The van der Waals surface area contributed by atoms with Crippen molar-refractivity contribution >= 4 is 27.0 Å². The van der Waals surface area contributed by atoms with Crippen LogP contribution < -0.4 is 5.32 Å². The van der Waals surface area contributed by atoms with Crippen molar-refractivity contribution in [2.75, 3.05) is 12.9 Å². The topological polar surface area (TPSA) is 92.7 Å². The standard InChI is InChI=1S/C7H12NO5P/c9-5(1-2-6(10)11)8-3-7(12)13-4-14/h1-4,14H2,(H,8,9)(H,10,11)/i14T. The first kappa shape index (κ1) is 10.9. The van der Waals surface area contributed by atoms with Gasteiger partial charge in [-0.15, -0.1) is 0 Å². The molecule has 80 valence electrons. The van der Waals surface area contributed by atoms with Crippen molar-refractivity contribution in [3.63, 3.8) is 0 Å². The van der Waals surface area contributed by atoms with Crippen molar-refractivity contribution in [3.8, 4) is 0 Å². The van der Waals surface area contributed by atoms with Gasteiger partial charge in [0.05, 0.1) is 7.70 Å². The van der Waals surface area contributed by atoms with E-state index in [4.69, 9.17) is 6.39 Å². The van der Waals surface area contributed by atoms with E-state index in [0.29, 0.717) is 0 Å². The van der Waals surface area contributed by atoms with Crippen molar-refractivity contribution < 1.29 is 24.2 Å². The number of rotatable bonds is 7. The van der Waals surface area contributed by atoms with E-state index in [-0.39, 0.29) is 34.9 Å². The van der Waals surface area contributed by atoms with Crippen LogP contribution >= 0.6 is 9.18 Å². The van der Waals surface area contributed by atoms with E-state index in [1.807, 2.05) is 0 Å². The second-order valence-corrected chi connectivity index (χ2v) is 2.62. The Kier molecular flexibility index (Phi) is 5.66. The van der Waals surface area contributed by atoms with Crippen LogP contribution in [0.2, 0.25) is 0 Å². The molecule has 6 nitrogen and oxygen atoms in total. The maximum absolute atomic E-state index is 10.9. The Balaban J connectivity index is 3.53. The minimum Gasteiger partial charge on any atom is -0.481 e. The molecule has 0 saturated heterocycles. The van der Waals surface area contributed by atoms with E-state index >= 15 is 0 Å². The molecule has 0 aliphatic heterocycles. The highest BCUT2D eigenvalue weighted by molar-refractivity contribution is 7.16. The number of hydrogen-bond donors (Lipinski definition) is 2. The summed E-state index contributed by atoms with van der Waals surface area (Å²) in [7, 11) is -0.237. The van der Waals surface area contributed by atoms with E-state index in [9.17, 15) is 14.4 Å². The number of nitrogens with one attached hydrogen (secondary N) is 1. The number of amides is 1. The molecule has 0 rings (SSSR count). The summed E-state index contributed by atoms with van der Waals surface area (Å²) in [5.41, 5.74) is 0. The molecule has 0 aliphatic carbocycles. The summed E-state index contributed by atoms with van der Waals surface area (Å²) < 4.78 is 11.2. The van der Waals surface area contributed by atoms with Gasteiger partial charge in [-0.05, 0) is 0 Å². The predicted octanol–water partition coefficient (Wildman–Crippen LogP) is -0.657. The van der Waals surface area contributed by atoms with Gasteiger partial charge < -0.3 is 15.2 Å². The molecule has 1 amide bonds. The molecule has 2 N–H and O–H groups in total. The number of aliphatic carboxylic acids is 1. The van der Waals surface area contributed by atoms with Crippen LogP contribution in [0.5, 0.6) is 0 Å². The van der Waals surface area contributed by atoms with Gasteiger partial charge >= 0.3 is 11.9 Å². The van der Waals surface area contributed by atoms with Crippen molar-refractivity contribution in [2.45, 2.75) is 12.8 Å². The highest BCUT2D eigenvalue weighted by Gasteiger charge is 2.07. The SMILES string of the molecule is [3H]PCOC(=O)CNC(=O)CCC(=O)O. The van der Waals surface area contributed by atoms with Crippen LogP contribution in [0.4, 0.5) is 0 Å². The molecule has 0 aromatic rings. The number of carbonyl (C=O) groups is 3. The fourth-order valence-electron chi connectivity index (χ4n) is 0.611. The van der Waals surface area contributed by atoms with Crippen LogP contribution in [0.3, 0.4) is 0 Å². The molecule has 0 fully saturated rings. The molecule has 7 heteroatoms. The smallest absolute Gasteiger partial charge is 0.325 e. The first-order valence-electron chi connectivity index (χ1n) is 4.35. The minimum atomic E-state index is -1.07. The summed E-state index contributed by atoms with van der Waals surface area (Å²) in [6.07, 6.45) is -0.415. The second kappa shape index (κ2) is 7.26. The van der Waals surface area contributed by atoms with E-state index in [2.05, 4.69) is 10.1 Å². The van der Waals surface area contributed by atoms with Gasteiger partial charge in [0, 0.05) is 6.42 Å². The normalized spacial score (nSPS) is 11.0. The molecule has 0 spiro atoms. The van der Waals surface area contributed by atoms with Crippen LogP contribution in [0.25, 0.3) is 0 Å². The van der Waals surface area contributed by atoms with Gasteiger partial charge in [0.1, 0.15) is 12.9 Å². The van der Waals surface area contributed by atoms with Crippen LogP contribution in [-0.2, 0) is 19.1 Å². The third kappa shape index (κ3) is 7.49. The zero-order valence-corrected chi connectivity index (χ0v) is 8.41. The molecule has 1 atom stereocenters. The maximum Gasteiger partial charge on any atom is 0.325 e. The average molecular weight is 223 g/mol. The monoisotopic (exact) mass is 223 g/mol. The summed E-state index contributed by atoms with van der Waals surface area (Å²) in [6.45, 7) is -0.289. The largest absolute Gasteiger partial charge is 0.481 e. The van der Waals surface area contributed by atoms with Crippen molar-refractivity contribution in [2.24, 2.45) is 0 Å². The quantitative estimate of drug-likeness (QED) is 0.441. The fraction of sp³-hybridized carbons (Fsp3) is 0.571. The summed E-state index contributed by atoms with van der Waals surface area (Å²) >= 11 is 0. The van der Waals surface area contributed by atoms with Crippen molar-refractivity contribution in [3.05, 3.63) is 0 Å². The van der Waals surface area contributed by atoms with Crippen LogP contribution in [0.1, 0.15) is 12.8 Å². The second-order valence-electron chi connectivity index (χ2n) is 2.33. The van der Waals surface area contributed by atoms with E-state index in [0.717, 1.165) is 0 Å². The third-order valence-electron chi connectivity index (χ3n) is 1.23. The lowest BCUT2D eigenvalue weighted by Crippen LogP contribution is -2.30. The molecule has 0 heterocycles. The molecule has 14 heavy (non-hydrogen) atoms. The number of hydrogen-bond acceptors (Lipinski definition) is 4. The van der Waals surface area contributed by atoms with Crippen molar-refractivity contribution in [1.82, 2.24) is 5.32 Å². The highest BCUT2D eigenvalue weighted by Crippen LogP contribution is 1.89. The number of ether oxygens (including phenoxy) is 1. The molecule has 0 aliphatic rings. The zero-order chi connectivity index (χ0) is 11.7. The summed E-state index contributed by atoms with van der Waals surface area (Å²) in [5, 5.41) is 10.5. The first-order chi connectivity index (χ1) is 7.06. The number of esters is 1. The first-order valence-corrected chi connectivity index (χ1v) is 4.55. The van der Waals surface area contributed by atoms with Gasteiger partial charge in [-0.25, -0.2) is 0 Å². The Hall–Kier alpha value is -1.16. The van der Waals surface area contributed by atoms with Crippen molar-refractivity contribution in [1.29, 1.82) is 1.28 Å². The van der Waals surface area contributed by atoms with Crippen LogP contribution in [0.15, 0.2) is 0 Å². The summed E-state index contributed by atoms with van der Waals surface area (Å²) in [4.78, 5) is 31.8. The molecule has 0 aromatic heterocycles. The molecule has 0 radical (unpaired) electrons. The van der Waals surface area contributed by atoms with Gasteiger partial charge in [0.25, 0.3) is 0 Å². The third-order valence-corrected chi connectivity index (χ3v) is 1.37. The summed E-state index contributed by atoms with van der Waals surface area (Å²) in [5.74, 6) is -2.20. The van der Waals surface area contributed by atoms with E-state index in [1.54, 1.807) is 0 Å². The molecule has 0 aromatic carbocycles. The molecular weight excluding hydrogens is 209 g/mol. The van der Waals surface area contributed by atoms with Gasteiger partial charge in [-0.3, -0.25) is 14.4 Å². The average Bonchev–Trinajstić information content (AvgIpc) is 2.20. The Labute approximate surface area is 84.5 Å². The maximum atomic E-state index is 10.9. The summed E-state index contributed by atoms with van der Waals surface area (Å²) in [6, 6.07) is 0. The Bertz CT molecular complexity index is 248. The van der Waals surface area contributed by atoms with Gasteiger partial charge in [-0.2, -0.15) is 0 Å². The lowest BCUT2D eigenvalue weighted by atomic mass is 10.3. The van der Waals surface area contributed by atoms with Gasteiger partial charge in [0.15, 0.2) is 0 Å². The number of carboxylic acids is 1. The molecule has 1 unspecified atom stereocenters. The Morgan fingerprint density at radius 3 is 2.71 bits per heavy atom. The fourth-order valence-corrected chi connectivity index (χ4v) is 0.772. The zero-order valence-electron chi connectivity index (χ0n) is 8.41. The van der Waals surface area contributed by atoms with Crippen LogP contribution in [-0.4, -0.2) is 37.1 Å². The molecule has 0 saturated carbocycles. The lowest BCUT2D eigenvalue weighted by molar-refractivity contribution is -0.142. The molecule has 0 bridgehead atoms. The van der Waals surface area contributed by atoms with Gasteiger partial charge in [-0.1, -0.05) is 9.18 Å².